The summed E-state index contributed by atoms with van der Waals surface area (Å²) in [6.07, 6.45) is 0. The van der Waals surface area contributed by atoms with E-state index in [1.807, 2.05) is 84.9 Å². The smallest absolute Gasteiger partial charge is 0.166 e. The van der Waals surface area contributed by atoms with Crippen LogP contribution in [0, 0.1) is 0 Å². The average molecular weight is 310 g/mol. The van der Waals surface area contributed by atoms with Crippen LogP contribution in [0.2, 0.25) is 5.02 Å². The van der Waals surface area contributed by atoms with E-state index in [0.29, 0.717) is 5.02 Å². The summed E-state index contributed by atoms with van der Waals surface area (Å²) in [7, 11) is 0. The molecule has 0 heterocycles. The van der Waals surface area contributed by atoms with Crippen molar-refractivity contribution in [1.29, 1.82) is 0 Å². The van der Waals surface area contributed by atoms with E-state index in [-0.39, 0.29) is 0 Å². The van der Waals surface area contributed by atoms with E-state index in [9.17, 15) is 0 Å². The maximum atomic E-state index is 6.45. The number of rotatable bonds is 4. The molecule has 0 saturated heterocycles. The largest absolute Gasteiger partial charge is 0.283 e. The summed E-state index contributed by atoms with van der Waals surface area (Å²) in [6, 6.07) is 27.3. The molecule has 3 aromatic rings. The molecule has 110 valence electrons. The monoisotopic (exact) mass is 309 g/mol. The highest BCUT2D eigenvalue weighted by atomic mass is 35.5. The molecule has 0 fully saturated rings. The number of benzene rings is 3. The molecule has 0 aliphatic rings. The summed E-state index contributed by atoms with van der Waals surface area (Å²) in [5.74, 6) is 5.81. The van der Waals surface area contributed by atoms with E-state index >= 15 is 0 Å². The molecule has 0 bridgehead atoms. The molecule has 0 aliphatic carbocycles. The number of hydrogen-bond donors (Lipinski definition) is 1. The predicted octanol–water partition coefficient (Wildman–Crippen LogP) is 4.52. The van der Waals surface area contributed by atoms with Gasteiger partial charge < -0.3 is 0 Å². The number of nitrogens with two attached hydrogens (primary N) is 1. The van der Waals surface area contributed by atoms with Gasteiger partial charge in [0, 0.05) is 10.6 Å². The Morgan fingerprint density at radius 1 is 0.682 bits per heavy atom. The summed E-state index contributed by atoms with van der Waals surface area (Å²) in [5, 5.41) is 0.612. The topological polar surface area (TPSA) is 35.2 Å². The van der Waals surface area contributed by atoms with Gasteiger partial charge >= 0.3 is 0 Å². The van der Waals surface area contributed by atoms with E-state index in [2.05, 4.69) is 0 Å². The van der Waals surface area contributed by atoms with Crippen LogP contribution in [0.5, 0.6) is 0 Å². The van der Waals surface area contributed by atoms with Gasteiger partial charge in [-0.1, -0.05) is 90.5 Å². The maximum Gasteiger partial charge on any atom is 0.166 e. The molecule has 0 amide bonds. The zero-order valence-electron chi connectivity index (χ0n) is 11.9. The van der Waals surface area contributed by atoms with Crippen LogP contribution >= 0.6 is 11.6 Å². The standard InChI is InChI=1S/C19H16ClNO/c20-18-14-8-7-13-17(18)19(22-21,15-9-3-1-4-10-15)16-11-5-2-6-12-16/h1-14H,21H2. The summed E-state index contributed by atoms with van der Waals surface area (Å²) >= 11 is 6.45. The van der Waals surface area contributed by atoms with Gasteiger partial charge in [-0.3, -0.25) is 4.84 Å². The lowest BCUT2D eigenvalue weighted by Gasteiger charge is -2.33. The molecule has 0 spiro atoms. The molecule has 2 N–H and O–H groups in total. The highest BCUT2D eigenvalue weighted by molar-refractivity contribution is 6.31. The molecular formula is C19H16ClNO. The van der Waals surface area contributed by atoms with Crippen LogP contribution in [0.15, 0.2) is 84.9 Å². The lowest BCUT2D eigenvalue weighted by molar-refractivity contribution is 0.0118. The third kappa shape index (κ3) is 2.42. The van der Waals surface area contributed by atoms with E-state index in [0.717, 1.165) is 16.7 Å². The molecule has 0 saturated carbocycles. The lowest BCUT2D eigenvalue weighted by atomic mass is 9.80. The summed E-state index contributed by atoms with van der Waals surface area (Å²) in [4.78, 5) is 5.59. The Morgan fingerprint density at radius 3 is 1.59 bits per heavy atom. The fraction of sp³-hybridized carbons (Fsp3) is 0.0526. The van der Waals surface area contributed by atoms with Crippen LogP contribution in [-0.4, -0.2) is 0 Å². The van der Waals surface area contributed by atoms with E-state index in [1.165, 1.54) is 0 Å². The van der Waals surface area contributed by atoms with Crippen molar-refractivity contribution in [3.05, 3.63) is 107 Å². The highest BCUT2D eigenvalue weighted by Gasteiger charge is 2.38. The quantitative estimate of drug-likeness (QED) is 0.568. The van der Waals surface area contributed by atoms with Gasteiger partial charge in [-0.15, -0.1) is 0 Å². The number of halogens is 1. The molecule has 0 radical (unpaired) electrons. The molecular weight excluding hydrogens is 294 g/mol. The average Bonchev–Trinajstić information content (AvgIpc) is 2.59. The van der Waals surface area contributed by atoms with Gasteiger partial charge in [0.2, 0.25) is 0 Å². The van der Waals surface area contributed by atoms with Crippen LogP contribution in [-0.2, 0) is 10.4 Å². The van der Waals surface area contributed by atoms with Gasteiger partial charge in [-0.25, -0.2) is 5.90 Å². The van der Waals surface area contributed by atoms with Gasteiger partial charge in [0.05, 0.1) is 0 Å². The predicted molar refractivity (Wildman–Crippen MR) is 89.5 cm³/mol. The third-order valence-electron chi connectivity index (χ3n) is 3.79. The first-order valence-electron chi connectivity index (χ1n) is 7.03. The minimum Gasteiger partial charge on any atom is -0.283 e. The Labute approximate surface area is 135 Å². The van der Waals surface area contributed by atoms with Crippen LogP contribution in [0.1, 0.15) is 16.7 Å². The molecule has 3 aromatic carbocycles. The molecule has 0 atom stereocenters. The molecule has 0 unspecified atom stereocenters. The Hall–Kier alpha value is -2.13. The second-order valence-corrected chi connectivity index (χ2v) is 5.42. The van der Waals surface area contributed by atoms with Crippen molar-refractivity contribution >= 4 is 11.6 Å². The summed E-state index contributed by atoms with van der Waals surface area (Å²) in [6.45, 7) is 0. The minimum absolute atomic E-state index is 0.612. The Balaban J connectivity index is 2.34. The Morgan fingerprint density at radius 2 is 1.14 bits per heavy atom. The Kier molecular flexibility index (Phi) is 4.25. The fourth-order valence-corrected chi connectivity index (χ4v) is 3.04. The van der Waals surface area contributed by atoms with Crippen LogP contribution in [0.25, 0.3) is 0 Å². The van der Waals surface area contributed by atoms with Crippen molar-refractivity contribution in [1.82, 2.24) is 0 Å². The lowest BCUT2D eigenvalue weighted by Crippen LogP contribution is -2.35. The third-order valence-corrected chi connectivity index (χ3v) is 4.12. The second kappa shape index (κ2) is 6.32. The van der Waals surface area contributed by atoms with E-state index in [1.54, 1.807) is 0 Å². The van der Waals surface area contributed by atoms with Gasteiger partial charge in [0.15, 0.2) is 5.60 Å². The second-order valence-electron chi connectivity index (χ2n) is 5.01. The van der Waals surface area contributed by atoms with Crippen LogP contribution in [0.4, 0.5) is 0 Å². The normalized spacial score (nSPS) is 11.4. The molecule has 0 aliphatic heterocycles. The van der Waals surface area contributed by atoms with Gasteiger partial charge in [-0.2, -0.15) is 0 Å². The van der Waals surface area contributed by atoms with Crippen molar-refractivity contribution in [3.63, 3.8) is 0 Å². The van der Waals surface area contributed by atoms with Crippen molar-refractivity contribution in [2.75, 3.05) is 0 Å². The summed E-state index contributed by atoms with van der Waals surface area (Å²) in [5.41, 5.74) is 1.73. The van der Waals surface area contributed by atoms with Crippen LogP contribution in [0.3, 0.4) is 0 Å². The zero-order chi connectivity index (χ0) is 15.4. The zero-order valence-corrected chi connectivity index (χ0v) is 12.7. The molecule has 0 aromatic heterocycles. The van der Waals surface area contributed by atoms with Gasteiger partial charge in [0.25, 0.3) is 0 Å². The van der Waals surface area contributed by atoms with Crippen molar-refractivity contribution in [3.8, 4) is 0 Å². The van der Waals surface area contributed by atoms with E-state index in [4.69, 9.17) is 22.3 Å². The van der Waals surface area contributed by atoms with Crippen LogP contribution < -0.4 is 5.90 Å². The fourth-order valence-electron chi connectivity index (χ4n) is 2.77. The van der Waals surface area contributed by atoms with Crippen molar-refractivity contribution < 1.29 is 4.84 Å². The van der Waals surface area contributed by atoms with Crippen molar-refractivity contribution in [2.24, 2.45) is 5.90 Å². The first kappa shape index (κ1) is 14.8. The highest BCUT2D eigenvalue weighted by Crippen LogP contribution is 2.41. The molecule has 3 rings (SSSR count). The molecule has 22 heavy (non-hydrogen) atoms. The summed E-state index contributed by atoms with van der Waals surface area (Å²) < 4.78 is 0. The molecule has 2 nitrogen and oxygen atoms in total. The number of hydrogen-bond acceptors (Lipinski definition) is 2. The minimum atomic E-state index is -0.944. The first-order valence-corrected chi connectivity index (χ1v) is 7.41. The maximum absolute atomic E-state index is 6.45. The molecule has 3 heteroatoms. The van der Waals surface area contributed by atoms with Crippen molar-refractivity contribution in [2.45, 2.75) is 5.60 Å². The van der Waals surface area contributed by atoms with Gasteiger partial charge in [-0.05, 0) is 17.2 Å². The van der Waals surface area contributed by atoms with E-state index < -0.39 is 5.60 Å². The Bertz CT molecular complexity index is 704. The SMILES string of the molecule is NOC(c1ccccc1)(c1ccccc1)c1ccccc1Cl. The first-order chi connectivity index (χ1) is 10.8. The van der Waals surface area contributed by atoms with Gasteiger partial charge in [0.1, 0.15) is 0 Å².